The predicted molar refractivity (Wildman–Crippen MR) is 81.2 cm³/mol. The minimum absolute atomic E-state index is 0.0236. The van der Waals surface area contributed by atoms with E-state index < -0.39 is 21.1 Å². The number of carbonyl (C=O) groups is 1. The summed E-state index contributed by atoms with van der Waals surface area (Å²) in [5.74, 6) is -0.735. The number of carbonyl (C=O) groups excluding carboxylic acids is 1. The second kappa shape index (κ2) is 6.62. The van der Waals surface area contributed by atoms with Gasteiger partial charge in [0.25, 0.3) is 0 Å². The lowest BCUT2D eigenvalue weighted by atomic mass is 10.1. The molecule has 0 aliphatic heterocycles. The van der Waals surface area contributed by atoms with Gasteiger partial charge in [0.05, 0.1) is 12.0 Å². The Morgan fingerprint density at radius 1 is 1.09 bits per heavy atom. The topological polar surface area (TPSA) is 80.7 Å². The van der Waals surface area contributed by atoms with Gasteiger partial charge in [-0.05, 0) is 29.8 Å². The maximum Gasteiger partial charge on any atom is 0.324 e. The first-order valence-corrected chi connectivity index (χ1v) is 8.14. The molecule has 1 atom stereocenters. The number of sulfone groups is 1. The highest BCUT2D eigenvalue weighted by Gasteiger charge is 2.35. The van der Waals surface area contributed by atoms with Gasteiger partial charge in [-0.15, -0.1) is 0 Å². The maximum absolute atomic E-state index is 12.7. The Bertz CT molecular complexity index is 736. The van der Waals surface area contributed by atoms with Crippen LogP contribution in [0.5, 0.6) is 5.75 Å². The zero-order valence-electron chi connectivity index (χ0n) is 12.0. The Morgan fingerprint density at radius 3 is 2.23 bits per heavy atom. The van der Waals surface area contributed by atoms with Crippen molar-refractivity contribution < 1.29 is 23.1 Å². The lowest BCUT2D eigenvalue weighted by Crippen LogP contribution is -2.33. The Hall–Kier alpha value is -2.34. The molecule has 0 aliphatic carbocycles. The van der Waals surface area contributed by atoms with Crippen LogP contribution in [0, 0.1) is 0 Å². The van der Waals surface area contributed by atoms with Crippen molar-refractivity contribution in [2.75, 3.05) is 7.11 Å². The molecule has 0 saturated heterocycles. The van der Waals surface area contributed by atoms with Gasteiger partial charge in [-0.3, -0.25) is 4.79 Å². The number of esters is 1. The SMILES string of the molecule is COC(=O)C(Cc1ccc(O)cc1)S(=O)(=O)c1ccccc1. The van der Waals surface area contributed by atoms with E-state index in [1.807, 2.05) is 0 Å². The summed E-state index contributed by atoms with van der Waals surface area (Å²) >= 11 is 0. The summed E-state index contributed by atoms with van der Waals surface area (Å²) in [4.78, 5) is 12.0. The van der Waals surface area contributed by atoms with Crippen LogP contribution in [0.1, 0.15) is 5.56 Å². The zero-order chi connectivity index (χ0) is 16.2. The van der Waals surface area contributed by atoms with Gasteiger partial charge in [-0.25, -0.2) is 8.42 Å². The molecule has 2 aromatic rings. The standard InChI is InChI=1S/C16H16O5S/c1-21-16(18)15(11-12-7-9-13(17)10-8-12)22(19,20)14-5-3-2-4-6-14/h2-10,15,17H,11H2,1H3. The van der Waals surface area contributed by atoms with Crippen molar-refractivity contribution in [1.29, 1.82) is 0 Å². The molecule has 22 heavy (non-hydrogen) atoms. The highest BCUT2D eigenvalue weighted by molar-refractivity contribution is 7.92. The van der Waals surface area contributed by atoms with E-state index in [4.69, 9.17) is 0 Å². The fraction of sp³-hybridized carbons (Fsp3) is 0.188. The van der Waals surface area contributed by atoms with Gasteiger partial charge in [0, 0.05) is 6.42 Å². The van der Waals surface area contributed by atoms with E-state index in [-0.39, 0.29) is 17.1 Å². The van der Waals surface area contributed by atoms with Crippen molar-refractivity contribution in [3.8, 4) is 5.75 Å². The number of rotatable bonds is 5. The van der Waals surface area contributed by atoms with Crippen molar-refractivity contribution >= 4 is 15.8 Å². The van der Waals surface area contributed by atoms with Crippen LogP contribution in [-0.4, -0.2) is 31.9 Å². The summed E-state index contributed by atoms with van der Waals surface area (Å²) in [5, 5.41) is 7.94. The van der Waals surface area contributed by atoms with E-state index >= 15 is 0 Å². The van der Waals surface area contributed by atoms with E-state index in [1.165, 1.54) is 24.3 Å². The average molecular weight is 320 g/mol. The number of ether oxygens (including phenoxy) is 1. The Labute approximate surface area is 129 Å². The number of phenolic OH excluding ortho intramolecular Hbond substituents is 1. The zero-order valence-corrected chi connectivity index (χ0v) is 12.8. The van der Waals surface area contributed by atoms with Gasteiger partial charge in [0.15, 0.2) is 15.1 Å². The molecule has 116 valence electrons. The average Bonchev–Trinajstić information content (AvgIpc) is 2.54. The fourth-order valence-corrected chi connectivity index (χ4v) is 3.70. The van der Waals surface area contributed by atoms with Crippen molar-refractivity contribution in [1.82, 2.24) is 0 Å². The number of phenols is 1. The molecule has 5 nitrogen and oxygen atoms in total. The van der Waals surface area contributed by atoms with Gasteiger partial charge in [-0.2, -0.15) is 0 Å². The summed E-state index contributed by atoms with van der Waals surface area (Å²) in [6, 6.07) is 13.8. The van der Waals surface area contributed by atoms with Crippen molar-refractivity contribution in [3.05, 3.63) is 60.2 Å². The second-order valence-electron chi connectivity index (χ2n) is 4.74. The monoisotopic (exact) mass is 320 g/mol. The van der Waals surface area contributed by atoms with E-state index in [0.717, 1.165) is 7.11 Å². The molecular formula is C16H16O5S. The van der Waals surface area contributed by atoms with Gasteiger partial charge in [0.1, 0.15) is 5.75 Å². The van der Waals surface area contributed by atoms with Gasteiger partial charge < -0.3 is 9.84 Å². The lowest BCUT2D eigenvalue weighted by molar-refractivity contribution is -0.140. The quantitative estimate of drug-likeness (QED) is 0.852. The van der Waals surface area contributed by atoms with Gasteiger partial charge in [0.2, 0.25) is 0 Å². The Morgan fingerprint density at radius 2 is 1.68 bits per heavy atom. The fourth-order valence-electron chi connectivity index (χ4n) is 2.07. The Kier molecular flexibility index (Phi) is 4.82. The highest BCUT2D eigenvalue weighted by atomic mass is 32.2. The number of hydrogen-bond acceptors (Lipinski definition) is 5. The molecule has 6 heteroatoms. The molecule has 0 heterocycles. The van der Waals surface area contributed by atoms with E-state index in [1.54, 1.807) is 30.3 Å². The largest absolute Gasteiger partial charge is 0.508 e. The number of methoxy groups -OCH3 is 1. The molecule has 0 bridgehead atoms. The van der Waals surface area contributed by atoms with Crippen LogP contribution in [0.25, 0.3) is 0 Å². The van der Waals surface area contributed by atoms with E-state index in [9.17, 15) is 18.3 Å². The summed E-state index contributed by atoms with van der Waals surface area (Å²) in [6.07, 6.45) is -0.0236. The predicted octanol–water partition coefficient (Wildman–Crippen LogP) is 1.95. The van der Waals surface area contributed by atoms with Crippen LogP contribution in [0.15, 0.2) is 59.5 Å². The minimum atomic E-state index is -3.86. The highest BCUT2D eigenvalue weighted by Crippen LogP contribution is 2.21. The van der Waals surface area contributed by atoms with Crippen LogP contribution in [0.3, 0.4) is 0 Å². The number of benzene rings is 2. The van der Waals surface area contributed by atoms with Gasteiger partial charge >= 0.3 is 5.97 Å². The molecular weight excluding hydrogens is 304 g/mol. The van der Waals surface area contributed by atoms with Crippen LogP contribution >= 0.6 is 0 Å². The summed E-state index contributed by atoms with van der Waals surface area (Å²) in [7, 11) is -2.70. The second-order valence-corrected chi connectivity index (χ2v) is 6.87. The summed E-state index contributed by atoms with van der Waals surface area (Å²) in [6.45, 7) is 0. The first-order chi connectivity index (χ1) is 10.4. The molecule has 1 unspecified atom stereocenters. The third-order valence-corrected chi connectivity index (χ3v) is 5.31. The van der Waals surface area contributed by atoms with Crippen molar-refractivity contribution in [2.45, 2.75) is 16.6 Å². The number of hydrogen-bond donors (Lipinski definition) is 1. The molecule has 0 amide bonds. The molecule has 0 fully saturated rings. The molecule has 1 N–H and O–H groups in total. The van der Waals surface area contributed by atoms with Crippen LogP contribution < -0.4 is 0 Å². The molecule has 0 aromatic heterocycles. The molecule has 0 saturated carbocycles. The van der Waals surface area contributed by atoms with Crippen molar-refractivity contribution in [2.24, 2.45) is 0 Å². The summed E-state index contributed by atoms with van der Waals surface area (Å²) < 4.78 is 30.0. The van der Waals surface area contributed by atoms with Gasteiger partial charge in [-0.1, -0.05) is 30.3 Å². The van der Waals surface area contributed by atoms with Crippen molar-refractivity contribution in [3.63, 3.8) is 0 Å². The lowest BCUT2D eigenvalue weighted by Gasteiger charge is -2.15. The molecule has 2 rings (SSSR count). The normalized spacial score (nSPS) is 12.6. The molecule has 0 radical (unpaired) electrons. The molecule has 0 spiro atoms. The van der Waals surface area contributed by atoms with Crippen LogP contribution in [0.2, 0.25) is 0 Å². The van der Waals surface area contributed by atoms with E-state index in [2.05, 4.69) is 4.74 Å². The smallest absolute Gasteiger partial charge is 0.324 e. The summed E-state index contributed by atoms with van der Waals surface area (Å²) in [5.41, 5.74) is 0.618. The molecule has 0 aliphatic rings. The molecule has 2 aromatic carbocycles. The first-order valence-electron chi connectivity index (χ1n) is 6.60. The van der Waals surface area contributed by atoms with E-state index in [0.29, 0.717) is 5.56 Å². The first kappa shape index (κ1) is 16.0. The maximum atomic E-state index is 12.7. The number of aromatic hydroxyl groups is 1. The Balaban J connectivity index is 2.38. The third-order valence-electron chi connectivity index (χ3n) is 3.27. The van der Waals surface area contributed by atoms with Crippen LogP contribution in [0.4, 0.5) is 0 Å². The third kappa shape index (κ3) is 3.46. The van der Waals surface area contributed by atoms with Crippen LogP contribution in [-0.2, 0) is 25.8 Å². The minimum Gasteiger partial charge on any atom is -0.508 e.